The molecule has 0 amide bonds. The van der Waals surface area contributed by atoms with Crippen LogP contribution in [0.2, 0.25) is 0 Å². The van der Waals surface area contributed by atoms with Gasteiger partial charge >= 0.3 is 0 Å². The van der Waals surface area contributed by atoms with Gasteiger partial charge in [0, 0.05) is 37.8 Å². The summed E-state index contributed by atoms with van der Waals surface area (Å²) >= 11 is 0. The van der Waals surface area contributed by atoms with Crippen LogP contribution in [0.25, 0.3) is 11.3 Å². The van der Waals surface area contributed by atoms with Crippen LogP contribution in [-0.4, -0.2) is 41.7 Å². The Bertz CT molecular complexity index is 674. The fourth-order valence-corrected chi connectivity index (χ4v) is 3.73. The summed E-state index contributed by atoms with van der Waals surface area (Å²) in [5.41, 5.74) is 4.72. The molecule has 2 fully saturated rings. The van der Waals surface area contributed by atoms with Gasteiger partial charge in [-0.05, 0) is 25.3 Å². The van der Waals surface area contributed by atoms with Crippen molar-refractivity contribution in [3.63, 3.8) is 0 Å². The summed E-state index contributed by atoms with van der Waals surface area (Å²) < 4.78 is 11.6. The number of rotatable bonds is 4. The molecule has 2 saturated heterocycles. The monoisotopic (exact) mass is 327 g/mol. The minimum atomic E-state index is -0.0495. The van der Waals surface area contributed by atoms with Crippen molar-refractivity contribution in [3.05, 3.63) is 41.6 Å². The van der Waals surface area contributed by atoms with Gasteiger partial charge in [-0.15, -0.1) is 0 Å². The Hall–Kier alpha value is -1.69. The van der Waals surface area contributed by atoms with Crippen LogP contribution in [0.3, 0.4) is 0 Å². The van der Waals surface area contributed by atoms with Gasteiger partial charge in [-0.2, -0.15) is 5.10 Å². The lowest BCUT2D eigenvalue weighted by Crippen LogP contribution is -2.47. The largest absolute Gasteiger partial charge is 0.378 e. The smallest absolute Gasteiger partial charge is 0.0951 e. The minimum Gasteiger partial charge on any atom is -0.378 e. The molecule has 0 bridgehead atoms. The molecule has 24 heavy (non-hydrogen) atoms. The van der Waals surface area contributed by atoms with Crippen LogP contribution in [0.4, 0.5) is 0 Å². The summed E-state index contributed by atoms with van der Waals surface area (Å²) in [4.78, 5) is 0. The van der Waals surface area contributed by atoms with Crippen molar-refractivity contribution in [2.24, 2.45) is 0 Å². The second-order valence-electron chi connectivity index (χ2n) is 7.04. The molecule has 2 N–H and O–H groups in total. The van der Waals surface area contributed by atoms with Crippen molar-refractivity contribution in [1.29, 1.82) is 0 Å². The molecule has 1 aromatic carbocycles. The van der Waals surface area contributed by atoms with Crippen LogP contribution in [-0.2, 0) is 16.0 Å². The normalized spacial score (nSPS) is 27.0. The number of nitrogens with one attached hydrogen (secondary N) is 2. The Kier molecular flexibility index (Phi) is 4.39. The van der Waals surface area contributed by atoms with E-state index < -0.39 is 0 Å². The zero-order valence-corrected chi connectivity index (χ0v) is 14.2. The first kappa shape index (κ1) is 15.8. The lowest BCUT2D eigenvalue weighted by atomic mass is 9.89. The topological polar surface area (TPSA) is 59.2 Å². The molecule has 0 aliphatic carbocycles. The van der Waals surface area contributed by atoms with Gasteiger partial charge in [0.1, 0.15) is 0 Å². The van der Waals surface area contributed by atoms with Gasteiger partial charge in [0.05, 0.1) is 24.1 Å². The van der Waals surface area contributed by atoms with E-state index in [9.17, 15) is 0 Å². The molecular formula is C19H25N3O2. The first-order valence-corrected chi connectivity index (χ1v) is 8.78. The van der Waals surface area contributed by atoms with Gasteiger partial charge in [-0.1, -0.05) is 29.8 Å². The highest BCUT2D eigenvalue weighted by molar-refractivity contribution is 5.62. The van der Waals surface area contributed by atoms with Gasteiger partial charge in [-0.3, -0.25) is 5.10 Å². The number of hydrogen-bond donors (Lipinski definition) is 2. The highest BCUT2D eigenvalue weighted by Crippen LogP contribution is 2.33. The van der Waals surface area contributed by atoms with Crippen LogP contribution < -0.4 is 5.32 Å². The summed E-state index contributed by atoms with van der Waals surface area (Å²) in [7, 11) is 0. The number of ether oxygens (including phenoxy) is 2. The van der Waals surface area contributed by atoms with E-state index in [1.165, 1.54) is 16.7 Å². The van der Waals surface area contributed by atoms with Gasteiger partial charge in [0.25, 0.3) is 0 Å². The molecule has 5 heteroatoms. The van der Waals surface area contributed by atoms with Crippen LogP contribution in [0, 0.1) is 6.92 Å². The maximum Gasteiger partial charge on any atom is 0.0951 e. The van der Waals surface area contributed by atoms with Crippen molar-refractivity contribution < 1.29 is 9.47 Å². The van der Waals surface area contributed by atoms with Crippen LogP contribution in [0.5, 0.6) is 0 Å². The third-order valence-electron chi connectivity index (χ3n) is 5.20. The quantitative estimate of drug-likeness (QED) is 0.906. The Morgan fingerprint density at radius 1 is 1.29 bits per heavy atom. The zero-order valence-electron chi connectivity index (χ0n) is 14.2. The van der Waals surface area contributed by atoms with Crippen molar-refractivity contribution in [3.8, 4) is 11.3 Å². The van der Waals surface area contributed by atoms with Gasteiger partial charge in [0.2, 0.25) is 0 Å². The number of nitrogens with zero attached hydrogens (tertiary/aromatic N) is 1. The number of aromatic amines is 1. The predicted octanol–water partition coefficient (Wildman–Crippen LogP) is 2.81. The Labute approximate surface area is 142 Å². The maximum atomic E-state index is 6.01. The van der Waals surface area contributed by atoms with E-state index in [1.807, 2.05) is 6.20 Å². The molecule has 1 spiro atoms. The van der Waals surface area contributed by atoms with Crippen molar-refractivity contribution >= 4 is 0 Å². The van der Waals surface area contributed by atoms with Crippen LogP contribution >= 0.6 is 0 Å². The fourth-order valence-electron chi connectivity index (χ4n) is 3.73. The molecule has 0 unspecified atom stereocenters. The summed E-state index contributed by atoms with van der Waals surface area (Å²) in [6.45, 7) is 5.31. The highest BCUT2D eigenvalue weighted by atomic mass is 16.6. The summed E-state index contributed by atoms with van der Waals surface area (Å²) in [6, 6.07) is 9.03. The Balaban J connectivity index is 1.41. The lowest BCUT2D eigenvalue weighted by Gasteiger charge is -2.37. The second-order valence-corrected chi connectivity index (χ2v) is 7.04. The first-order chi connectivity index (χ1) is 11.7. The molecule has 0 saturated carbocycles. The molecule has 2 aliphatic heterocycles. The third kappa shape index (κ3) is 3.24. The lowest BCUT2D eigenvalue weighted by molar-refractivity contribution is -0.0894. The molecule has 128 valence electrons. The zero-order chi connectivity index (χ0) is 16.4. The minimum absolute atomic E-state index is 0.0495. The average molecular weight is 327 g/mol. The van der Waals surface area contributed by atoms with Gasteiger partial charge in [-0.25, -0.2) is 0 Å². The molecule has 5 nitrogen and oxygen atoms in total. The standard InChI is InChI=1S/C19H25N3O2/c1-14-2-4-15(5-3-14)18-16(12-21-22-18)11-20-17-6-8-24-19(10-17)7-9-23-13-19/h2-5,12,17,20H,6-11,13H2,1H3,(H,21,22)/t17-,19-/m1/s1. The van der Waals surface area contributed by atoms with Crippen molar-refractivity contribution in [1.82, 2.24) is 15.5 Å². The van der Waals surface area contributed by atoms with E-state index in [-0.39, 0.29) is 5.60 Å². The fraction of sp³-hybridized carbons (Fsp3) is 0.526. The summed E-state index contributed by atoms with van der Waals surface area (Å²) in [5, 5.41) is 11.1. The van der Waals surface area contributed by atoms with E-state index in [1.54, 1.807) is 0 Å². The number of benzene rings is 1. The van der Waals surface area contributed by atoms with Crippen LogP contribution in [0.1, 0.15) is 30.4 Å². The Morgan fingerprint density at radius 3 is 2.96 bits per heavy atom. The third-order valence-corrected chi connectivity index (χ3v) is 5.20. The van der Waals surface area contributed by atoms with Crippen LogP contribution in [0.15, 0.2) is 30.5 Å². The Morgan fingerprint density at radius 2 is 2.17 bits per heavy atom. The molecule has 3 heterocycles. The average Bonchev–Trinajstić information content (AvgIpc) is 3.24. The number of aryl methyl sites for hydroxylation is 1. The molecule has 0 radical (unpaired) electrons. The molecule has 2 aromatic rings. The first-order valence-electron chi connectivity index (χ1n) is 8.78. The molecule has 4 rings (SSSR count). The van der Waals surface area contributed by atoms with E-state index in [0.717, 1.165) is 51.3 Å². The number of aromatic nitrogens is 2. The molecule has 1 aromatic heterocycles. The predicted molar refractivity (Wildman–Crippen MR) is 92.7 cm³/mol. The van der Waals surface area contributed by atoms with E-state index in [2.05, 4.69) is 46.7 Å². The van der Waals surface area contributed by atoms with Crippen molar-refractivity contribution in [2.75, 3.05) is 19.8 Å². The molecule has 2 aliphatic rings. The molecule has 2 atom stereocenters. The van der Waals surface area contributed by atoms with Crippen molar-refractivity contribution in [2.45, 2.75) is 44.4 Å². The van der Waals surface area contributed by atoms with E-state index in [0.29, 0.717) is 6.04 Å². The van der Waals surface area contributed by atoms with E-state index in [4.69, 9.17) is 9.47 Å². The number of H-pyrrole nitrogens is 1. The molecular weight excluding hydrogens is 302 g/mol. The SMILES string of the molecule is Cc1ccc(-c2[nH]ncc2CN[C@@H]2CCO[C@]3(CCOC3)C2)cc1. The highest BCUT2D eigenvalue weighted by Gasteiger charge is 2.40. The number of hydrogen-bond acceptors (Lipinski definition) is 4. The van der Waals surface area contributed by atoms with Gasteiger partial charge < -0.3 is 14.8 Å². The maximum absolute atomic E-state index is 6.01. The summed E-state index contributed by atoms with van der Waals surface area (Å²) in [6.07, 6.45) is 5.03. The van der Waals surface area contributed by atoms with Gasteiger partial charge in [0.15, 0.2) is 0 Å². The second kappa shape index (κ2) is 6.67. The summed E-state index contributed by atoms with van der Waals surface area (Å²) in [5.74, 6) is 0. The van der Waals surface area contributed by atoms with E-state index >= 15 is 0 Å².